The molecule has 0 radical (unpaired) electrons. The number of nitrogens with zero attached hydrogens (tertiary/aromatic N) is 3. The van der Waals surface area contributed by atoms with Crippen LogP contribution in [0, 0.1) is 6.92 Å². The number of thiazole rings is 1. The normalized spacial score (nSPS) is 12.6. The smallest absolute Gasteiger partial charge is 0.191 e. The minimum absolute atomic E-state index is 0. The molecule has 1 unspecified atom stereocenters. The highest BCUT2D eigenvalue weighted by atomic mass is 127. The summed E-state index contributed by atoms with van der Waals surface area (Å²) in [6, 6.07) is 8.22. The standard InChI is InChI=1S/C18H26ClN5S.HI/c1-13-11-22-17(25-13)9-10-21-18(20-2)23-12-16(24(3)4)14-5-7-15(19)8-6-14;/h5-8,11,16H,9-10,12H2,1-4H3,(H2,20,21,23);1H. The maximum atomic E-state index is 5.99. The Balaban J connectivity index is 0.00000338. The second-order valence-electron chi connectivity index (χ2n) is 6.03. The van der Waals surface area contributed by atoms with Gasteiger partial charge in [0.25, 0.3) is 0 Å². The first kappa shape index (κ1) is 23.1. The molecule has 5 nitrogen and oxygen atoms in total. The van der Waals surface area contributed by atoms with Gasteiger partial charge < -0.3 is 15.5 Å². The monoisotopic (exact) mass is 507 g/mol. The number of hydrogen-bond donors (Lipinski definition) is 2. The lowest BCUT2D eigenvalue weighted by molar-refractivity contribution is 0.298. The van der Waals surface area contributed by atoms with Crippen molar-refractivity contribution in [3.05, 3.63) is 50.9 Å². The van der Waals surface area contributed by atoms with E-state index in [9.17, 15) is 0 Å². The highest BCUT2D eigenvalue weighted by molar-refractivity contribution is 14.0. The van der Waals surface area contributed by atoms with Crippen LogP contribution in [0.2, 0.25) is 5.02 Å². The average Bonchev–Trinajstić information content (AvgIpc) is 3.00. The lowest BCUT2D eigenvalue weighted by Gasteiger charge is -2.26. The van der Waals surface area contributed by atoms with Crippen molar-refractivity contribution in [2.24, 2.45) is 4.99 Å². The van der Waals surface area contributed by atoms with Crippen molar-refractivity contribution in [1.82, 2.24) is 20.5 Å². The molecule has 0 fully saturated rings. The van der Waals surface area contributed by atoms with Crippen LogP contribution in [0.4, 0.5) is 0 Å². The predicted octanol–water partition coefficient (Wildman–Crippen LogP) is 3.73. The summed E-state index contributed by atoms with van der Waals surface area (Å²) < 4.78 is 0. The first-order chi connectivity index (χ1) is 12.0. The number of rotatable bonds is 7. The molecular weight excluding hydrogens is 481 g/mol. The van der Waals surface area contributed by atoms with Crippen molar-refractivity contribution < 1.29 is 0 Å². The molecule has 0 amide bonds. The number of guanidine groups is 1. The quantitative estimate of drug-likeness (QED) is 0.341. The molecule has 26 heavy (non-hydrogen) atoms. The Morgan fingerprint density at radius 3 is 2.50 bits per heavy atom. The van der Waals surface area contributed by atoms with Gasteiger partial charge >= 0.3 is 0 Å². The second kappa shape index (κ2) is 11.7. The maximum absolute atomic E-state index is 5.99. The highest BCUT2D eigenvalue weighted by Gasteiger charge is 2.14. The summed E-state index contributed by atoms with van der Waals surface area (Å²) in [4.78, 5) is 12.1. The van der Waals surface area contributed by atoms with Gasteiger partial charge in [0.1, 0.15) is 0 Å². The fourth-order valence-corrected chi connectivity index (χ4v) is 3.41. The summed E-state index contributed by atoms with van der Waals surface area (Å²) in [6.45, 7) is 3.64. The van der Waals surface area contributed by atoms with E-state index in [4.69, 9.17) is 11.6 Å². The first-order valence-electron chi connectivity index (χ1n) is 8.27. The van der Waals surface area contributed by atoms with Gasteiger partial charge in [-0.15, -0.1) is 35.3 Å². The Morgan fingerprint density at radius 1 is 1.27 bits per heavy atom. The Bertz CT molecular complexity index is 687. The zero-order chi connectivity index (χ0) is 18.2. The van der Waals surface area contributed by atoms with Crippen LogP contribution < -0.4 is 10.6 Å². The van der Waals surface area contributed by atoms with Crippen LogP contribution in [0.5, 0.6) is 0 Å². The molecule has 0 aliphatic heterocycles. The van der Waals surface area contributed by atoms with E-state index in [2.05, 4.69) is 58.7 Å². The van der Waals surface area contributed by atoms with Crippen molar-refractivity contribution in [3.8, 4) is 0 Å². The molecule has 0 spiro atoms. The van der Waals surface area contributed by atoms with E-state index in [0.717, 1.165) is 35.5 Å². The van der Waals surface area contributed by atoms with Crippen molar-refractivity contribution in [3.63, 3.8) is 0 Å². The van der Waals surface area contributed by atoms with Gasteiger partial charge in [-0.05, 0) is 38.7 Å². The van der Waals surface area contributed by atoms with E-state index in [1.807, 2.05) is 18.3 Å². The molecule has 2 rings (SSSR count). The summed E-state index contributed by atoms with van der Waals surface area (Å²) in [7, 11) is 5.93. The van der Waals surface area contributed by atoms with E-state index in [1.54, 1.807) is 18.4 Å². The number of hydrogen-bond acceptors (Lipinski definition) is 4. The summed E-state index contributed by atoms with van der Waals surface area (Å²) in [6.07, 6.45) is 2.81. The van der Waals surface area contributed by atoms with Crippen LogP contribution in [-0.2, 0) is 6.42 Å². The molecule has 0 aliphatic carbocycles. The number of halogens is 2. The fraction of sp³-hybridized carbons (Fsp3) is 0.444. The number of aryl methyl sites for hydroxylation is 1. The Labute approximate surface area is 182 Å². The summed E-state index contributed by atoms with van der Waals surface area (Å²) in [5.41, 5.74) is 1.22. The SMILES string of the molecule is CN=C(NCCc1ncc(C)s1)NCC(c1ccc(Cl)cc1)N(C)C.I. The third kappa shape index (κ3) is 7.38. The predicted molar refractivity (Wildman–Crippen MR) is 123 cm³/mol. The zero-order valence-corrected chi connectivity index (χ0v) is 19.5. The highest BCUT2D eigenvalue weighted by Crippen LogP contribution is 2.19. The number of nitrogens with one attached hydrogen (secondary N) is 2. The van der Waals surface area contributed by atoms with Crippen LogP contribution in [-0.4, -0.2) is 50.1 Å². The third-order valence-electron chi connectivity index (χ3n) is 3.87. The van der Waals surface area contributed by atoms with Crippen LogP contribution in [0.3, 0.4) is 0 Å². The molecular formula is C18H27ClIN5S. The van der Waals surface area contributed by atoms with Gasteiger partial charge in [0.2, 0.25) is 0 Å². The van der Waals surface area contributed by atoms with E-state index >= 15 is 0 Å². The van der Waals surface area contributed by atoms with Crippen molar-refractivity contribution in [2.75, 3.05) is 34.2 Å². The van der Waals surface area contributed by atoms with E-state index in [0.29, 0.717) is 0 Å². The molecule has 8 heteroatoms. The summed E-state index contributed by atoms with van der Waals surface area (Å²) >= 11 is 7.73. The van der Waals surface area contributed by atoms with Gasteiger partial charge in [0.05, 0.1) is 11.0 Å². The zero-order valence-electron chi connectivity index (χ0n) is 15.6. The Kier molecular flexibility index (Phi) is 10.4. The largest absolute Gasteiger partial charge is 0.356 e. The number of aliphatic imine (C=N–C) groups is 1. The number of likely N-dealkylation sites (N-methyl/N-ethyl adjacent to an activating group) is 1. The van der Waals surface area contributed by atoms with Gasteiger partial charge in [-0.1, -0.05) is 23.7 Å². The molecule has 144 valence electrons. The van der Waals surface area contributed by atoms with E-state index < -0.39 is 0 Å². The van der Waals surface area contributed by atoms with Gasteiger partial charge in [0, 0.05) is 42.7 Å². The lowest BCUT2D eigenvalue weighted by atomic mass is 10.1. The summed E-state index contributed by atoms with van der Waals surface area (Å²) in [5.74, 6) is 0.800. The van der Waals surface area contributed by atoms with Crippen LogP contribution >= 0.6 is 46.9 Å². The maximum Gasteiger partial charge on any atom is 0.191 e. The lowest BCUT2D eigenvalue weighted by Crippen LogP contribution is -2.42. The molecule has 2 N–H and O–H groups in total. The molecule has 1 heterocycles. The number of benzene rings is 1. The minimum atomic E-state index is 0. The molecule has 1 aromatic heterocycles. The molecule has 0 saturated carbocycles. The van der Waals surface area contributed by atoms with Crippen molar-refractivity contribution >= 4 is 52.9 Å². The van der Waals surface area contributed by atoms with Crippen molar-refractivity contribution in [2.45, 2.75) is 19.4 Å². The number of aromatic nitrogens is 1. The summed E-state index contributed by atoms with van der Waals surface area (Å²) in [5, 5.41) is 8.65. The Morgan fingerprint density at radius 2 is 1.96 bits per heavy atom. The van der Waals surface area contributed by atoms with E-state index in [1.165, 1.54) is 10.4 Å². The van der Waals surface area contributed by atoms with Crippen molar-refractivity contribution in [1.29, 1.82) is 0 Å². The van der Waals surface area contributed by atoms with Gasteiger partial charge in [-0.2, -0.15) is 0 Å². The minimum Gasteiger partial charge on any atom is -0.356 e. The molecule has 1 atom stereocenters. The van der Waals surface area contributed by atoms with Crippen LogP contribution in [0.15, 0.2) is 35.5 Å². The van der Waals surface area contributed by atoms with Gasteiger partial charge in [0.15, 0.2) is 5.96 Å². The van der Waals surface area contributed by atoms with Gasteiger partial charge in [-0.3, -0.25) is 4.99 Å². The van der Waals surface area contributed by atoms with Crippen LogP contribution in [0.25, 0.3) is 0 Å². The molecule has 0 bridgehead atoms. The second-order valence-corrected chi connectivity index (χ2v) is 7.78. The molecule has 0 saturated heterocycles. The molecule has 1 aromatic carbocycles. The fourth-order valence-electron chi connectivity index (χ4n) is 2.50. The molecule has 2 aromatic rings. The van der Waals surface area contributed by atoms with Gasteiger partial charge in [-0.25, -0.2) is 4.98 Å². The molecule has 0 aliphatic rings. The average molecular weight is 508 g/mol. The Hall–Kier alpha value is -0.900. The topological polar surface area (TPSA) is 52.6 Å². The van der Waals surface area contributed by atoms with E-state index in [-0.39, 0.29) is 30.0 Å². The third-order valence-corrected chi connectivity index (χ3v) is 5.09. The van der Waals surface area contributed by atoms with Crippen LogP contribution in [0.1, 0.15) is 21.5 Å². The first-order valence-corrected chi connectivity index (χ1v) is 9.46.